The number of hydrogen-bond acceptors (Lipinski definition) is 4. The summed E-state index contributed by atoms with van der Waals surface area (Å²) in [4.78, 5) is 14.6. The number of aromatic nitrogens is 4. The molecule has 0 aliphatic rings. The van der Waals surface area contributed by atoms with Crippen molar-refractivity contribution in [1.82, 2.24) is 19.1 Å². The molecular formula is C90H58N6. The zero-order chi connectivity index (χ0) is 63.2. The first-order valence-electron chi connectivity index (χ1n) is 32.8. The third-order valence-electron chi connectivity index (χ3n) is 19.5. The molecule has 0 atom stereocenters. The van der Waals surface area contributed by atoms with Gasteiger partial charge in [0.05, 0.1) is 39.6 Å². The van der Waals surface area contributed by atoms with Crippen molar-refractivity contribution in [2.75, 3.05) is 9.80 Å². The lowest BCUT2D eigenvalue weighted by Gasteiger charge is -2.25. The Morgan fingerprint density at radius 2 is 0.625 bits per heavy atom. The number of nitrogens with zero attached hydrogens (tertiary/aromatic N) is 6. The van der Waals surface area contributed by atoms with E-state index in [1.54, 1.807) is 0 Å². The van der Waals surface area contributed by atoms with Gasteiger partial charge in [0, 0.05) is 73.0 Å². The Bertz CT molecular complexity index is 5810. The van der Waals surface area contributed by atoms with E-state index < -0.39 is 0 Å². The van der Waals surface area contributed by atoms with Gasteiger partial charge in [-0.2, -0.15) is 0 Å². The Hall–Kier alpha value is -12.9. The van der Waals surface area contributed by atoms with Crippen molar-refractivity contribution >= 4 is 143 Å². The van der Waals surface area contributed by atoms with E-state index in [4.69, 9.17) is 9.97 Å². The molecule has 20 aromatic rings. The molecule has 96 heavy (non-hydrogen) atoms. The second-order valence-corrected chi connectivity index (χ2v) is 24.8. The van der Waals surface area contributed by atoms with Gasteiger partial charge < -0.3 is 14.0 Å². The predicted molar refractivity (Wildman–Crippen MR) is 405 cm³/mol. The monoisotopic (exact) mass is 1220 g/mol. The molecule has 0 saturated heterocycles. The first kappa shape index (κ1) is 54.8. The van der Waals surface area contributed by atoms with Gasteiger partial charge in [0.25, 0.3) is 0 Å². The predicted octanol–water partition coefficient (Wildman–Crippen LogP) is 24.4. The van der Waals surface area contributed by atoms with Gasteiger partial charge in [-0.3, -0.25) is 9.88 Å². The minimum absolute atomic E-state index is 0.881. The van der Waals surface area contributed by atoms with Gasteiger partial charge in [0.2, 0.25) is 0 Å². The maximum atomic E-state index is 5.09. The van der Waals surface area contributed by atoms with Crippen LogP contribution < -0.4 is 9.80 Å². The molecule has 0 unspecified atom stereocenters. The van der Waals surface area contributed by atoms with E-state index in [1.807, 2.05) is 36.7 Å². The summed E-state index contributed by atoms with van der Waals surface area (Å²) < 4.78 is 4.82. The van der Waals surface area contributed by atoms with Crippen molar-refractivity contribution in [2.24, 2.45) is 0 Å². The molecule has 20 rings (SSSR count). The summed E-state index contributed by atoms with van der Waals surface area (Å²) in [5.74, 6) is 0.881. The lowest BCUT2D eigenvalue weighted by molar-refractivity contribution is 1.18. The normalized spacial score (nSPS) is 11.8. The molecule has 448 valence electrons. The third-order valence-corrected chi connectivity index (χ3v) is 19.5. The Labute approximate surface area is 554 Å². The maximum absolute atomic E-state index is 5.09. The first-order valence-corrected chi connectivity index (χ1v) is 32.8. The molecule has 0 fully saturated rings. The number of hydrogen-bond donors (Lipinski definition) is 0. The third kappa shape index (κ3) is 8.80. The number of anilines is 6. The number of pyridine rings is 2. The smallest absolute Gasteiger partial charge is 0.137 e. The lowest BCUT2D eigenvalue weighted by Crippen LogP contribution is -2.11. The fraction of sp³-hybridized carbons (Fsp3) is 0. The average Bonchev–Trinajstić information content (AvgIpc) is 1.41. The molecule has 0 aliphatic carbocycles. The van der Waals surface area contributed by atoms with Crippen LogP contribution in [0.2, 0.25) is 0 Å². The molecule has 4 aromatic heterocycles. The minimum atomic E-state index is 0.881. The molecule has 0 amide bonds. The van der Waals surface area contributed by atoms with Gasteiger partial charge in [0.15, 0.2) is 0 Å². The quantitative estimate of drug-likeness (QED) is 0.128. The van der Waals surface area contributed by atoms with Crippen molar-refractivity contribution in [1.29, 1.82) is 0 Å². The molecule has 4 heterocycles. The summed E-state index contributed by atoms with van der Waals surface area (Å²) in [6.07, 6.45) is 4.02. The van der Waals surface area contributed by atoms with Crippen LogP contribution in [-0.2, 0) is 0 Å². The van der Waals surface area contributed by atoms with Crippen LogP contribution in [0.1, 0.15) is 0 Å². The Kier molecular flexibility index (Phi) is 12.8. The highest BCUT2D eigenvalue weighted by Crippen LogP contribution is 2.48. The largest absolute Gasteiger partial charge is 0.309 e. The summed E-state index contributed by atoms with van der Waals surface area (Å²) in [5, 5.41) is 20.4. The van der Waals surface area contributed by atoms with E-state index in [-0.39, 0.29) is 0 Å². The fourth-order valence-electron chi connectivity index (χ4n) is 15.4. The van der Waals surface area contributed by atoms with Crippen LogP contribution in [0.4, 0.5) is 34.3 Å². The zero-order valence-corrected chi connectivity index (χ0v) is 52.2. The molecule has 0 aliphatic heterocycles. The van der Waals surface area contributed by atoms with Crippen LogP contribution >= 0.6 is 0 Å². The van der Waals surface area contributed by atoms with Crippen LogP contribution in [0.3, 0.4) is 0 Å². The number of rotatable bonds is 10. The maximum Gasteiger partial charge on any atom is 0.137 e. The van der Waals surface area contributed by atoms with Crippen LogP contribution in [-0.4, -0.2) is 19.1 Å². The van der Waals surface area contributed by atoms with E-state index in [9.17, 15) is 0 Å². The van der Waals surface area contributed by atoms with Crippen molar-refractivity contribution < 1.29 is 0 Å². The molecule has 0 bridgehead atoms. The van der Waals surface area contributed by atoms with Gasteiger partial charge in [-0.15, -0.1) is 0 Å². The SMILES string of the molecule is c1ccc(N(c2ccccc2)c2ccc(-c3ccc4ccc5c6c(ccc3c46)cc3c5c4ccccc4n3-c3ccccc3)cn2)cc1.c1ccc(N(c2ccccc2)c2ccc(-c3ccc4ccc5c6c(ccc3c46)cc3c5c4ccccc4n3-c3ccccc3)nc2)cc1. The summed E-state index contributed by atoms with van der Waals surface area (Å²) in [7, 11) is 0. The summed E-state index contributed by atoms with van der Waals surface area (Å²) in [6, 6.07) is 122. The molecule has 6 heteroatoms. The fourth-order valence-corrected chi connectivity index (χ4v) is 15.4. The topological polar surface area (TPSA) is 42.1 Å². The van der Waals surface area contributed by atoms with Crippen molar-refractivity contribution in [2.45, 2.75) is 0 Å². The van der Waals surface area contributed by atoms with Gasteiger partial charge in [-0.1, -0.05) is 218 Å². The Morgan fingerprint density at radius 1 is 0.229 bits per heavy atom. The Balaban J connectivity index is 0.000000135. The number of fused-ring (bicyclic) bond motifs is 8. The molecule has 0 N–H and O–H groups in total. The van der Waals surface area contributed by atoms with E-state index in [0.29, 0.717) is 0 Å². The second-order valence-electron chi connectivity index (χ2n) is 24.8. The second kappa shape index (κ2) is 22.4. The number of para-hydroxylation sites is 8. The zero-order valence-electron chi connectivity index (χ0n) is 52.2. The Morgan fingerprint density at radius 3 is 1.08 bits per heavy atom. The van der Waals surface area contributed by atoms with Gasteiger partial charge in [-0.25, -0.2) is 4.98 Å². The highest BCUT2D eigenvalue weighted by atomic mass is 15.2. The van der Waals surface area contributed by atoms with Gasteiger partial charge in [-0.05, 0) is 192 Å². The first-order chi connectivity index (χ1) is 47.7. The van der Waals surface area contributed by atoms with E-state index in [0.717, 1.165) is 51.1 Å². The molecule has 0 spiro atoms. The van der Waals surface area contributed by atoms with E-state index in [2.05, 4.69) is 334 Å². The van der Waals surface area contributed by atoms with Crippen molar-refractivity contribution in [3.63, 3.8) is 0 Å². The molecule has 0 saturated carbocycles. The lowest BCUT2D eigenvalue weighted by atomic mass is 9.89. The van der Waals surface area contributed by atoms with Crippen LogP contribution in [0.15, 0.2) is 352 Å². The average molecular weight is 1220 g/mol. The molecule has 6 nitrogen and oxygen atoms in total. The minimum Gasteiger partial charge on any atom is -0.309 e. The highest BCUT2D eigenvalue weighted by molar-refractivity contribution is 6.35. The van der Waals surface area contributed by atoms with Crippen LogP contribution in [0, 0.1) is 0 Å². The van der Waals surface area contributed by atoms with Gasteiger partial charge in [0.1, 0.15) is 5.82 Å². The van der Waals surface area contributed by atoms with E-state index in [1.165, 1.54) is 125 Å². The number of benzene rings is 16. The van der Waals surface area contributed by atoms with Crippen molar-refractivity contribution in [3.05, 3.63) is 352 Å². The summed E-state index contributed by atoms with van der Waals surface area (Å²) in [5.41, 5.74) is 17.0. The standard InChI is InChI=1S/2C45H29N3/c1-4-12-33(13-5-1)47(34-14-6-2-7-15-34)42-27-23-32(29-46-42)36-24-20-30-21-26-39-44-31(22-25-37(36)43(30)44)28-41-45(39)38-18-10-11-19-40(38)48(41)35-16-8-3-9-17-35;1-4-12-32(13-5-1)47(33-14-6-2-7-15-33)35-23-27-40(46-29-35)36-24-20-30-21-26-39-44-31(22-25-37(36)43(30)44)28-42-45(39)38-18-10-11-19-41(38)48(42)34-16-8-3-9-17-34/h2*1-29H. The molecular weight excluding hydrogens is 1170 g/mol. The summed E-state index contributed by atoms with van der Waals surface area (Å²) in [6.45, 7) is 0. The molecule has 0 radical (unpaired) electrons. The van der Waals surface area contributed by atoms with E-state index >= 15 is 0 Å². The van der Waals surface area contributed by atoms with Crippen LogP contribution in [0.25, 0.3) is 142 Å². The molecule has 16 aromatic carbocycles. The van der Waals surface area contributed by atoms with Crippen molar-refractivity contribution in [3.8, 4) is 33.8 Å². The highest BCUT2D eigenvalue weighted by Gasteiger charge is 2.23. The van der Waals surface area contributed by atoms with Crippen LogP contribution in [0.5, 0.6) is 0 Å². The van der Waals surface area contributed by atoms with Gasteiger partial charge >= 0.3 is 0 Å². The summed E-state index contributed by atoms with van der Waals surface area (Å²) >= 11 is 0.